The molecule has 0 N–H and O–H groups in total. The quantitative estimate of drug-likeness (QED) is 0.225. The van der Waals surface area contributed by atoms with Crippen molar-refractivity contribution < 1.29 is 4.74 Å². The number of rotatable bonds is 8. The predicted octanol–water partition coefficient (Wildman–Crippen LogP) is 16.0. The first-order chi connectivity index (χ1) is 33.2. The van der Waals surface area contributed by atoms with Gasteiger partial charge in [-0.1, -0.05) is 157 Å². The van der Waals surface area contributed by atoms with Crippen molar-refractivity contribution in [2.24, 2.45) is 40.9 Å². The molecule has 0 amide bonds. The molecule has 2 heteroatoms. The summed E-state index contributed by atoms with van der Waals surface area (Å²) in [6.45, 7) is 0. The molecule has 8 atom stereocenters. The fourth-order valence-corrected chi connectivity index (χ4v) is 15.1. The molecule has 1 heterocycles. The summed E-state index contributed by atoms with van der Waals surface area (Å²) in [5.74, 6) is 3.78. The Morgan fingerprint density at radius 2 is 1.46 bits per heavy atom. The van der Waals surface area contributed by atoms with Crippen molar-refractivity contribution in [3.63, 3.8) is 0 Å². The lowest BCUT2D eigenvalue weighted by Crippen LogP contribution is -2.42. The monoisotopic (exact) mass is 878 g/mol. The molecule has 67 heavy (non-hydrogen) atoms. The minimum absolute atomic E-state index is 0.0224. The van der Waals surface area contributed by atoms with Crippen LogP contribution in [-0.4, -0.2) is 17.0 Å². The summed E-state index contributed by atoms with van der Waals surface area (Å²) in [7, 11) is 0. The van der Waals surface area contributed by atoms with Gasteiger partial charge >= 0.3 is 0 Å². The maximum absolute atomic E-state index is 6.82. The Hall–Kier alpha value is -5.60. The molecule has 0 radical (unpaired) electrons. The highest BCUT2D eigenvalue weighted by molar-refractivity contribution is 5.57. The van der Waals surface area contributed by atoms with Crippen molar-refractivity contribution >= 4 is 0 Å². The Morgan fingerprint density at radius 1 is 0.582 bits per heavy atom. The predicted molar refractivity (Wildman–Crippen MR) is 277 cm³/mol. The van der Waals surface area contributed by atoms with Gasteiger partial charge in [0.1, 0.15) is 11.9 Å². The molecule has 13 aliphatic rings. The lowest BCUT2D eigenvalue weighted by molar-refractivity contribution is 0.167. The van der Waals surface area contributed by atoms with Crippen LogP contribution in [0.25, 0.3) is 0 Å². The molecule has 1 saturated carbocycles. The van der Waals surface area contributed by atoms with Gasteiger partial charge in [0.15, 0.2) is 0 Å². The van der Waals surface area contributed by atoms with E-state index in [4.69, 9.17) is 4.74 Å². The lowest BCUT2D eigenvalue weighted by atomic mass is 9.58. The summed E-state index contributed by atoms with van der Waals surface area (Å²) in [4.78, 5) is 2.85. The van der Waals surface area contributed by atoms with Crippen LogP contribution in [0.3, 0.4) is 0 Å². The second-order valence-electron chi connectivity index (χ2n) is 21.4. The molecule has 0 spiro atoms. The van der Waals surface area contributed by atoms with Gasteiger partial charge in [-0.05, 0) is 177 Å². The Morgan fingerprint density at radius 3 is 2.25 bits per heavy atom. The Labute approximate surface area is 400 Å². The maximum atomic E-state index is 6.82. The van der Waals surface area contributed by atoms with Crippen LogP contribution >= 0.6 is 0 Å². The molecule has 1 fully saturated rings. The zero-order valence-corrected chi connectivity index (χ0v) is 39.4. The van der Waals surface area contributed by atoms with E-state index in [1.165, 1.54) is 66.0 Å². The third-order valence-electron chi connectivity index (χ3n) is 18.1. The van der Waals surface area contributed by atoms with Crippen LogP contribution in [0.1, 0.15) is 103 Å². The van der Waals surface area contributed by atoms with E-state index in [0.717, 1.165) is 70.6 Å². The number of allylic oxidation sites excluding steroid dienone is 33. The second kappa shape index (κ2) is 17.5. The van der Waals surface area contributed by atoms with E-state index in [9.17, 15) is 0 Å². The number of ether oxygens (including phenoxy) is 1. The third-order valence-corrected chi connectivity index (χ3v) is 18.1. The van der Waals surface area contributed by atoms with Crippen molar-refractivity contribution in [3.05, 3.63) is 237 Å². The van der Waals surface area contributed by atoms with E-state index >= 15 is 0 Å². The van der Waals surface area contributed by atoms with Crippen molar-refractivity contribution in [1.29, 1.82) is 0 Å². The van der Waals surface area contributed by atoms with Crippen molar-refractivity contribution in [1.82, 2.24) is 4.90 Å². The minimum atomic E-state index is -0.0224. The zero-order chi connectivity index (χ0) is 44.3. The molecule has 338 valence electrons. The number of fused-ring (bicyclic) bond motifs is 5. The first kappa shape index (κ1) is 41.6. The van der Waals surface area contributed by atoms with Crippen LogP contribution in [0.2, 0.25) is 0 Å². The average Bonchev–Trinajstić information content (AvgIpc) is 3.94. The Kier molecular flexibility index (Phi) is 10.9. The summed E-state index contributed by atoms with van der Waals surface area (Å²) in [5, 5.41) is 0. The molecule has 2 nitrogen and oxygen atoms in total. The normalized spacial score (nSPS) is 34.0. The van der Waals surface area contributed by atoms with Gasteiger partial charge in [0.25, 0.3) is 0 Å². The topological polar surface area (TPSA) is 12.5 Å². The van der Waals surface area contributed by atoms with Crippen LogP contribution in [0.15, 0.2) is 237 Å². The van der Waals surface area contributed by atoms with Crippen LogP contribution in [0.4, 0.5) is 0 Å². The third kappa shape index (κ3) is 7.09. The molecule has 8 unspecified atom stereocenters. The molecule has 0 saturated heterocycles. The number of hydrogen-bond acceptors (Lipinski definition) is 2. The molecule has 0 bridgehead atoms. The smallest absolute Gasteiger partial charge is 0.127 e. The molecule has 1 aliphatic heterocycles. The lowest BCUT2D eigenvalue weighted by Gasteiger charge is -2.46. The van der Waals surface area contributed by atoms with Gasteiger partial charge in [0.2, 0.25) is 0 Å². The van der Waals surface area contributed by atoms with Crippen molar-refractivity contribution in [2.75, 3.05) is 0 Å². The molecule has 12 aliphatic carbocycles. The Balaban J connectivity index is 0.856. The number of nitrogens with zero attached hydrogens (tertiary/aromatic N) is 1. The molecule has 0 aromatic heterocycles. The van der Waals surface area contributed by atoms with Crippen LogP contribution in [0.5, 0.6) is 0 Å². The molecule has 0 aromatic rings. The fourth-order valence-electron chi connectivity index (χ4n) is 15.1. The highest BCUT2D eigenvalue weighted by atomic mass is 16.5. The van der Waals surface area contributed by atoms with Crippen molar-refractivity contribution in [2.45, 2.75) is 115 Å². The summed E-state index contributed by atoms with van der Waals surface area (Å²) < 4.78 is 6.82. The van der Waals surface area contributed by atoms with Crippen LogP contribution < -0.4 is 0 Å². The van der Waals surface area contributed by atoms with E-state index in [0.29, 0.717) is 35.5 Å². The van der Waals surface area contributed by atoms with Crippen LogP contribution in [0, 0.1) is 40.9 Å². The van der Waals surface area contributed by atoms with E-state index in [1.807, 2.05) is 0 Å². The largest absolute Gasteiger partial charge is 0.485 e. The Bertz CT molecular complexity index is 2730. The first-order valence-corrected chi connectivity index (χ1v) is 26.5. The maximum Gasteiger partial charge on any atom is 0.127 e. The average molecular weight is 878 g/mol. The van der Waals surface area contributed by atoms with Crippen molar-refractivity contribution in [3.8, 4) is 0 Å². The molecular formula is C65H67NO. The van der Waals surface area contributed by atoms with Gasteiger partial charge in [-0.2, -0.15) is 0 Å². The highest BCUT2D eigenvalue weighted by Gasteiger charge is 2.61. The van der Waals surface area contributed by atoms with Gasteiger partial charge in [-0.3, -0.25) is 0 Å². The SMILES string of the molecule is C1=CCCC(C2(C3=CC=CCC3)C3=CC=CC(N(C4=CCC(C5=CC6C7=C(OC6C=C5)C(C5C=CC=CC5)=CCC7)C=C4)C4=CC=C(C5=CC6=C(C=CCC6)CC5)CC4)C3C3C=CCCC32)=C1. The van der Waals surface area contributed by atoms with Gasteiger partial charge < -0.3 is 9.64 Å². The fraction of sp³-hybridized carbons (Fsp3) is 0.385. The van der Waals surface area contributed by atoms with Gasteiger partial charge in [0, 0.05) is 40.5 Å². The van der Waals surface area contributed by atoms with E-state index in [2.05, 4.69) is 169 Å². The van der Waals surface area contributed by atoms with Gasteiger partial charge in [-0.15, -0.1) is 0 Å². The molecule has 0 aromatic carbocycles. The summed E-state index contributed by atoms with van der Waals surface area (Å²) >= 11 is 0. The van der Waals surface area contributed by atoms with Crippen LogP contribution in [-0.2, 0) is 4.74 Å². The van der Waals surface area contributed by atoms with E-state index in [-0.39, 0.29) is 17.6 Å². The zero-order valence-electron chi connectivity index (χ0n) is 39.4. The highest BCUT2D eigenvalue weighted by Crippen LogP contribution is 2.68. The summed E-state index contributed by atoms with van der Waals surface area (Å²) in [6, 6.07) is 0.236. The summed E-state index contributed by atoms with van der Waals surface area (Å²) in [6.07, 6.45) is 84.9. The number of hydrogen-bond donors (Lipinski definition) is 0. The molecular weight excluding hydrogens is 811 g/mol. The van der Waals surface area contributed by atoms with Gasteiger partial charge in [0.05, 0.1) is 6.04 Å². The van der Waals surface area contributed by atoms with E-state index < -0.39 is 0 Å². The minimum Gasteiger partial charge on any atom is -0.485 e. The van der Waals surface area contributed by atoms with E-state index in [1.54, 1.807) is 39.0 Å². The van der Waals surface area contributed by atoms with Gasteiger partial charge in [-0.25, -0.2) is 0 Å². The summed E-state index contributed by atoms with van der Waals surface area (Å²) in [5.41, 5.74) is 18.5. The first-order valence-electron chi connectivity index (χ1n) is 26.5. The second-order valence-corrected chi connectivity index (χ2v) is 21.4. The molecule has 13 rings (SSSR count). The standard InChI is InChI=1S/C65H67NO/c1-4-17-47(18-5-1)55-25-14-26-56-58-43-50(36-41-62(58)67-64(55)56)46-34-39-54(40-35-46)66(53-37-32-45(33-38-53)49-31-30-44-16-10-11-19-48(44)42-49)61-29-15-28-60-63(61)57-24-12-13-27-59(57)65(60,51-20-6-2-7-21-51)52-22-8-3-9-23-52/h1-6,8,10,12,15-17,20,22,24-25,28-29,32,34,36-37,39-43,46-47,57-59,61-63H,7,9,11,13-14,18-19,21,23,26-27,30-31,33,35,38H2.